The van der Waals surface area contributed by atoms with Crippen molar-refractivity contribution in [1.82, 2.24) is 4.98 Å². The highest BCUT2D eigenvalue weighted by Crippen LogP contribution is 2.41. The lowest BCUT2D eigenvalue weighted by molar-refractivity contribution is 0.595. The normalized spacial score (nSPS) is 12.9. The minimum absolute atomic E-state index is 0.136. The third-order valence-electron chi connectivity index (χ3n) is 3.83. The van der Waals surface area contributed by atoms with Crippen LogP contribution in [0.3, 0.4) is 0 Å². The summed E-state index contributed by atoms with van der Waals surface area (Å²) < 4.78 is 0. The highest BCUT2D eigenvalue weighted by Gasteiger charge is 2.23. The van der Waals surface area contributed by atoms with E-state index < -0.39 is 6.89 Å². The fourth-order valence-electron chi connectivity index (χ4n) is 2.68. The molecule has 20 heavy (non-hydrogen) atoms. The fraction of sp³-hybridized carbons (Fsp3) is 0.444. The fourth-order valence-corrected chi connectivity index (χ4v) is 4.58. The molecule has 2 aromatic rings. The van der Waals surface area contributed by atoms with Gasteiger partial charge in [0.1, 0.15) is 0 Å². The van der Waals surface area contributed by atoms with Crippen LogP contribution in [-0.4, -0.2) is 24.6 Å². The SMILES string of the molecule is C=P(C)(C)c1c(C(C)(C)C)ccc2nc(C)c(C)cc12. The van der Waals surface area contributed by atoms with Crippen molar-refractivity contribution < 1.29 is 0 Å². The van der Waals surface area contributed by atoms with Crippen molar-refractivity contribution in [3.8, 4) is 0 Å². The molecule has 108 valence electrons. The van der Waals surface area contributed by atoms with Crippen molar-refractivity contribution in [3.05, 3.63) is 35.0 Å². The van der Waals surface area contributed by atoms with Crippen LogP contribution in [0, 0.1) is 13.8 Å². The second-order valence-corrected chi connectivity index (χ2v) is 11.2. The molecule has 0 aliphatic carbocycles. The van der Waals surface area contributed by atoms with E-state index in [0.29, 0.717) is 0 Å². The largest absolute Gasteiger partial charge is 0.253 e. The summed E-state index contributed by atoms with van der Waals surface area (Å²) in [5, 5.41) is 2.74. The summed E-state index contributed by atoms with van der Waals surface area (Å²) in [5.74, 6) is 0. The van der Waals surface area contributed by atoms with Crippen LogP contribution in [0.2, 0.25) is 0 Å². The number of aryl methyl sites for hydroxylation is 2. The summed E-state index contributed by atoms with van der Waals surface area (Å²) in [4.78, 5) is 4.76. The number of aromatic nitrogens is 1. The number of nitrogens with zero attached hydrogens (tertiary/aromatic N) is 1. The molecule has 0 aliphatic heterocycles. The van der Waals surface area contributed by atoms with Crippen molar-refractivity contribution in [2.75, 3.05) is 13.3 Å². The molecule has 1 aromatic heterocycles. The summed E-state index contributed by atoms with van der Waals surface area (Å²) in [7, 11) is 0. The predicted octanol–water partition coefficient (Wildman–Crippen LogP) is 4.48. The first-order chi connectivity index (χ1) is 9.01. The number of hydrogen-bond donors (Lipinski definition) is 0. The smallest absolute Gasteiger partial charge is 0.0711 e. The van der Waals surface area contributed by atoms with Gasteiger partial charge in [-0.1, -0.05) is 40.0 Å². The van der Waals surface area contributed by atoms with E-state index >= 15 is 0 Å². The van der Waals surface area contributed by atoms with Crippen LogP contribution < -0.4 is 5.30 Å². The Labute approximate surface area is 123 Å². The minimum atomic E-state index is -1.37. The molecular formula is C18H26NP. The van der Waals surface area contributed by atoms with Crippen LogP contribution in [0.1, 0.15) is 37.6 Å². The second kappa shape index (κ2) is 4.74. The topological polar surface area (TPSA) is 12.9 Å². The predicted molar refractivity (Wildman–Crippen MR) is 95.4 cm³/mol. The molecule has 1 nitrogen and oxygen atoms in total. The van der Waals surface area contributed by atoms with Crippen molar-refractivity contribution >= 4 is 29.4 Å². The van der Waals surface area contributed by atoms with E-state index in [1.54, 1.807) is 0 Å². The minimum Gasteiger partial charge on any atom is -0.253 e. The molecule has 0 spiro atoms. The molecular weight excluding hydrogens is 261 g/mol. The molecule has 2 rings (SSSR count). The van der Waals surface area contributed by atoms with Gasteiger partial charge in [0.05, 0.1) is 5.52 Å². The molecule has 1 heterocycles. The summed E-state index contributed by atoms with van der Waals surface area (Å²) in [6.07, 6.45) is 4.50. The van der Waals surface area contributed by atoms with E-state index in [1.807, 2.05) is 0 Å². The number of pyridine rings is 1. The third kappa shape index (κ3) is 2.69. The van der Waals surface area contributed by atoms with Crippen LogP contribution in [0.5, 0.6) is 0 Å². The molecule has 0 bridgehead atoms. The van der Waals surface area contributed by atoms with E-state index in [0.717, 1.165) is 11.2 Å². The summed E-state index contributed by atoms with van der Waals surface area (Å²) in [5.41, 5.74) is 5.04. The Kier molecular flexibility index (Phi) is 3.63. The van der Waals surface area contributed by atoms with Crippen LogP contribution in [0.4, 0.5) is 0 Å². The maximum atomic E-state index is 4.76. The molecule has 0 amide bonds. The number of hydrogen-bond acceptors (Lipinski definition) is 1. The zero-order valence-corrected chi connectivity index (χ0v) is 14.7. The van der Waals surface area contributed by atoms with Gasteiger partial charge in [-0.25, -0.2) is 0 Å². The molecule has 0 radical (unpaired) electrons. The first-order valence-electron chi connectivity index (χ1n) is 7.12. The lowest BCUT2D eigenvalue weighted by atomic mass is 9.86. The van der Waals surface area contributed by atoms with Crippen molar-refractivity contribution in [2.24, 2.45) is 0 Å². The zero-order valence-electron chi connectivity index (χ0n) is 13.8. The Morgan fingerprint density at radius 2 is 1.70 bits per heavy atom. The van der Waals surface area contributed by atoms with Gasteiger partial charge in [-0.05, 0) is 61.2 Å². The molecule has 0 unspecified atom stereocenters. The third-order valence-corrected chi connectivity index (χ3v) is 5.52. The Morgan fingerprint density at radius 1 is 1.10 bits per heavy atom. The Balaban J connectivity index is 2.99. The van der Waals surface area contributed by atoms with Crippen molar-refractivity contribution in [2.45, 2.75) is 40.0 Å². The Bertz CT molecular complexity index is 714. The highest BCUT2D eigenvalue weighted by atomic mass is 31.2. The summed E-state index contributed by atoms with van der Waals surface area (Å²) in [6.45, 7) is 14.3. The Hall–Kier alpha value is -1.07. The van der Waals surface area contributed by atoms with E-state index in [4.69, 9.17) is 4.98 Å². The van der Waals surface area contributed by atoms with Crippen LogP contribution >= 0.6 is 6.89 Å². The number of benzene rings is 1. The van der Waals surface area contributed by atoms with E-state index in [9.17, 15) is 0 Å². The monoisotopic (exact) mass is 287 g/mol. The average molecular weight is 287 g/mol. The van der Waals surface area contributed by atoms with E-state index in [2.05, 4.69) is 72.4 Å². The standard InChI is InChI=1S/C18H26NP/c1-12-11-14-16(19-13(12)2)10-9-15(18(3,4)5)17(14)20(6,7)8/h9-11H,6H2,1-5,7-8H3. The van der Waals surface area contributed by atoms with Gasteiger partial charge in [-0.15, -0.1) is 0 Å². The molecule has 0 saturated carbocycles. The maximum absolute atomic E-state index is 4.76. The molecule has 0 atom stereocenters. The molecule has 0 fully saturated rings. The lowest BCUT2D eigenvalue weighted by Crippen LogP contribution is -2.23. The van der Waals surface area contributed by atoms with Crippen LogP contribution in [0.15, 0.2) is 18.2 Å². The number of rotatable bonds is 1. The second-order valence-electron chi connectivity index (χ2n) is 7.35. The first-order valence-corrected chi connectivity index (χ1v) is 9.99. The van der Waals surface area contributed by atoms with Gasteiger partial charge in [0, 0.05) is 11.1 Å². The zero-order chi connectivity index (χ0) is 15.3. The van der Waals surface area contributed by atoms with Gasteiger partial charge in [0.2, 0.25) is 0 Å². The summed E-state index contributed by atoms with van der Waals surface area (Å²) in [6, 6.07) is 6.73. The molecule has 1 aromatic carbocycles. The van der Waals surface area contributed by atoms with E-state index in [1.165, 1.54) is 21.8 Å². The first kappa shape index (κ1) is 15.3. The van der Waals surface area contributed by atoms with Gasteiger partial charge in [-0.3, -0.25) is 4.98 Å². The average Bonchev–Trinajstić information content (AvgIpc) is 2.26. The van der Waals surface area contributed by atoms with Gasteiger partial charge >= 0.3 is 0 Å². The quantitative estimate of drug-likeness (QED) is 0.705. The molecule has 2 heteroatoms. The maximum Gasteiger partial charge on any atom is 0.0711 e. The van der Waals surface area contributed by atoms with Crippen LogP contribution in [0.25, 0.3) is 10.9 Å². The van der Waals surface area contributed by atoms with Gasteiger partial charge in [0.25, 0.3) is 0 Å². The van der Waals surface area contributed by atoms with Crippen molar-refractivity contribution in [3.63, 3.8) is 0 Å². The number of fused-ring (bicyclic) bond motifs is 1. The van der Waals surface area contributed by atoms with E-state index in [-0.39, 0.29) is 5.41 Å². The summed E-state index contributed by atoms with van der Waals surface area (Å²) >= 11 is 0. The molecule has 0 saturated heterocycles. The molecule has 0 aliphatic rings. The Morgan fingerprint density at radius 3 is 2.20 bits per heavy atom. The highest BCUT2D eigenvalue weighted by molar-refractivity contribution is 7.79. The van der Waals surface area contributed by atoms with Gasteiger partial charge < -0.3 is 0 Å². The molecule has 0 N–H and O–H groups in total. The van der Waals surface area contributed by atoms with Crippen LogP contribution in [-0.2, 0) is 5.41 Å². The van der Waals surface area contributed by atoms with Crippen molar-refractivity contribution in [1.29, 1.82) is 0 Å². The van der Waals surface area contributed by atoms with Gasteiger partial charge in [-0.2, -0.15) is 0 Å². The lowest BCUT2D eigenvalue weighted by Gasteiger charge is -2.29. The van der Waals surface area contributed by atoms with Gasteiger partial charge in [0.15, 0.2) is 0 Å².